The van der Waals surface area contributed by atoms with E-state index in [1.807, 2.05) is 0 Å². The lowest BCUT2D eigenvalue weighted by Gasteiger charge is -2.10. The number of halogens is 1. The van der Waals surface area contributed by atoms with Crippen LogP contribution in [0.3, 0.4) is 0 Å². The fraction of sp³-hybridized carbons (Fsp3) is 0.133. The molecule has 7 heteroatoms. The third-order valence-corrected chi connectivity index (χ3v) is 4.72. The van der Waals surface area contributed by atoms with Crippen molar-refractivity contribution in [2.45, 2.75) is 18.7 Å². The molecular formula is C15H15ClN2O3S. The van der Waals surface area contributed by atoms with Gasteiger partial charge in [-0.05, 0) is 55.0 Å². The summed E-state index contributed by atoms with van der Waals surface area (Å²) in [5.74, 6) is -0.217. The van der Waals surface area contributed by atoms with Crippen molar-refractivity contribution in [2.75, 3.05) is 10.0 Å². The van der Waals surface area contributed by atoms with Crippen LogP contribution in [0.4, 0.5) is 11.4 Å². The third kappa shape index (κ3) is 3.99. The molecule has 0 bridgehead atoms. The van der Waals surface area contributed by atoms with Gasteiger partial charge in [0.05, 0.1) is 4.90 Å². The van der Waals surface area contributed by atoms with Crippen molar-refractivity contribution in [3.05, 3.63) is 53.1 Å². The highest BCUT2D eigenvalue weighted by atomic mass is 35.5. The molecule has 116 valence electrons. The highest BCUT2D eigenvalue weighted by Crippen LogP contribution is 2.22. The number of hydrogen-bond donors (Lipinski definition) is 2. The van der Waals surface area contributed by atoms with Gasteiger partial charge in [-0.15, -0.1) is 0 Å². The number of rotatable bonds is 4. The zero-order valence-electron chi connectivity index (χ0n) is 12.1. The fourth-order valence-corrected chi connectivity index (χ4v) is 3.01. The Kier molecular flexibility index (Phi) is 4.73. The van der Waals surface area contributed by atoms with E-state index in [4.69, 9.17) is 11.6 Å². The molecule has 22 heavy (non-hydrogen) atoms. The van der Waals surface area contributed by atoms with Gasteiger partial charge in [-0.25, -0.2) is 8.42 Å². The summed E-state index contributed by atoms with van der Waals surface area (Å²) < 4.78 is 27.1. The molecule has 0 fully saturated rings. The minimum absolute atomic E-state index is 0.106. The van der Waals surface area contributed by atoms with E-state index in [1.165, 1.54) is 31.2 Å². The Bertz CT molecular complexity index is 802. The molecule has 0 unspecified atom stereocenters. The molecule has 0 saturated heterocycles. The van der Waals surface area contributed by atoms with Crippen molar-refractivity contribution >= 4 is 38.9 Å². The Morgan fingerprint density at radius 3 is 2.18 bits per heavy atom. The molecule has 0 aromatic heterocycles. The lowest BCUT2D eigenvalue weighted by atomic mass is 10.2. The first-order valence-corrected chi connectivity index (χ1v) is 8.31. The van der Waals surface area contributed by atoms with E-state index in [9.17, 15) is 13.2 Å². The first-order valence-electron chi connectivity index (χ1n) is 6.44. The third-order valence-electron chi connectivity index (χ3n) is 2.90. The molecule has 0 aliphatic rings. The summed E-state index contributed by atoms with van der Waals surface area (Å²) in [6, 6.07) is 10.8. The van der Waals surface area contributed by atoms with Crippen LogP contribution in [0, 0.1) is 6.92 Å². The SMILES string of the molecule is CC(=O)Nc1ccc(S(=O)(=O)Nc2ccc(Cl)c(C)c2)cc1. The Balaban J connectivity index is 2.22. The van der Waals surface area contributed by atoms with Crippen LogP contribution in [0.15, 0.2) is 47.4 Å². The lowest BCUT2D eigenvalue weighted by Crippen LogP contribution is -2.13. The molecule has 1 amide bonds. The van der Waals surface area contributed by atoms with E-state index in [0.717, 1.165) is 5.56 Å². The maximum atomic E-state index is 12.3. The van der Waals surface area contributed by atoms with Gasteiger partial charge in [0.25, 0.3) is 10.0 Å². The second kappa shape index (κ2) is 6.37. The number of amides is 1. The molecule has 2 aromatic rings. The summed E-state index contributed by atoms with van der Waals surface area (Å²) in [5.41, 5.74) is 1.75. The van der Waals surface area contributed by atoms with Gasteiger partial charge < -0.3 is 5.32 Å². The molecule has 2 aromatic carbocycles. The van der Waals surface area contributed by atoms with Gasteiger partial charge in [0.2, 0.25) is 5.91 Å². The average Bonchev–Trinajstić information content (AvgIpc) is 2.42. The Hall–Kier alpha value is -2.05. The van der Waals surface area contributed by atoms with Crippen LogP contribution in [-0.4, -0.2) is 14.3 Å². The van der Waals surface area contributed by atoms with Crippen molar-refractivity contribution in [3.8, 4) is 0 Å². The summed E-state index contributed by atoms with van der Waals surface area (Å²) in [6.07, 6.45) is 0. The Morgan fingerprint density at radius 2 is 1.64 bits per heavy atom. The summed E-state index contributed by atoms with van der Waals surface area (Å²) in [5, 5.41) is 3.15. The van der Waals surface area contributed by atoms with Gasteiger partial charge in [-0.1, -0.05) is 11.6 Å². The number of hydrogen-bond acceptors (Lipinski definition) is 3. The standard InChI is InChI=1S/C15H15ClN2O3S/c1-10-9-13(5-8-15(10)16)18-22(20,21)14-6-3-12(4-7-14)17-11(2)19/h3-9,18H,1-2H3,(H,17,19). The van der Waals surface area contributed by atoms with E-state index in [1.54, 1.807) is 25.1 Å². The van der Waals surface area contributed by atoms with Crippen molar-refractivity contribution in [2.24, 2.45) is 0 Å². The smallest absolute Gasteiger partial charge is 0.261 e. The number of carbonyl (C=O) groups excluding carboxylic acids is 1. The quantitative estimate of drug-likeness (QED) is 0.897. The summed E-state index contributed by atoms with van der Waals surface area (Å²) in [7, 11) is -3.69. The molecule has 2 N–H and O–H groups in total. The zero-order valence-corrected chi connectivity index (χ0v) is 13.6. The Labute approximate surface area is 134 Å². The van der Waals surface area contributed by atoms with Crippen LogP contribution >= 0.6 is 11.6 Å². The number of aryl methyl sites for hydroxylation is 1. The van der Waals surface area contributed by atoms with Crippen LogP contribution in [0.5, 0.6) is 0 Å². The first-order chi connectivity index (χ1) is 10.3. The molecule has 0 heterocycles. The van der Waals surface area contributed by atoms with Gasteiger partial charge in [0, 0.05) is 23.3 Å². The van der Waals surface area contributed by atoms with Crippen molar-refractivity contribution in [3.63, 3.8) is 0 Å². The first kappa shape index (κ1) is 16.3. The second-order valence-electron chi connectivity index (χ2n) is 4.78. The number of sulfonamides is 1. The van der Waals surface area contributed by atoms with Crippen molar-refractivity contribution < 1.29 is 13.2 Å². The van der Waals surface area contributed by atoms with Crippen molar-refractivity contribution in [1.29, 1.82) is 0 Å². The van der Waals surface area contributed by atoms with Crippen molar-refractivity contribution in [1.82, 2.24) is 0 Å². The summed E-state index contributed by atoms with van der Waals surface area (Å²) in [4.78, 5) is 11.0. The number of carbonyl (C=O) groups is 1. The monoisotopic (exact) mass is 338 g/mol. The molecule has 2 rings (SSSR count). The van der Waals surface area contributed by atoms with Gasteiger partial charge in [0.1, 0.15) is 0 Å². The molecule has 0 saturated carbocycles. The maximum Gasteiger partial charge on any atom is 0.261 e. The average molecular weight is 339 g/mol. The fourth-order valence-electron chi connectivity index (χ4n) is 1.84. The molecule has 5 nitrogen and oxygen atoms in total. The van der Waals surface area contributed by atoms with E-state index in [2.05, 4.69) is 10.0 Å². The summed E-state index contributed by atoms with van der Waals surface area (Å²) >= 11 is 5.92. The molecular weight excluding hydrogens is 324 g/mol. The van der Waals surface area contributed by atoms with Gasteiger partial charge in [-0.3, -0.25) is 9.52 Å². The van der Waals surface area contributed by atoms with Crippen LogP contribution in [0.1, 0.15) is 12.5 Å². The minimum Gasteiger partial charge on any atom is -0.326 e. The molecule has 0 aliphatic heterocycles. The van der Waals surface area contributed by atoms with E-state index in [0.29, 0.717) is 16.4 Å². The van der Waals surface area contributed by atoms with Crippen LogP contribution in [0.25, 0.3) is 0 Å². The van der Waals surface area contributed by atoms with E-state index >= 15 is 0 Å². The van der Waals surface area contributed by atoms with Crippen LogP contribution < -0.4 is 10.0 Å². The van der Waals surface area contributed by atoms with Gasteiger partial charge >= 0.3 is 0 Å². The predicted octanol–water partition coefficient (Wildman–Crippen LogP) is 3.41. The minimum atomic E-state index is -3.69. The van der Waals surface area contributed by atoms with Crippen LogP contribution in [-0.2, 0) is 14.8 Å². The van der Waals surface area contributed by atoms with E-state index in [-0.39, 0.29) is 10.8 Å². The molecule has 0 spiro atoms. The predicted molar refractivity (Wildman–Crippen MR) is 87.7 cm³/mol. The maximum absolute atomic E-state index is 12.3. The van der Waals surface area contributed by atoms with E-state index < -0.39 is 10.0 Å². The molecule has 0 aliphatic carbocycles. The molecule has 0 atom stereocenters. The number of nitrogens with one attached hydrogen (secondary N) is 2. The van der Waals surface area contributed by atoms with Gasteiger partial charge in [0.15, 0.2) is 0 Å². The van der Waals surface area contributed by atoms with Gasteiger partial charge in [-0.2, -0.15) is 0 Å². The second-order valence-corrected chi connectivity index (χ2v) is 6.86. The summed E-state index contributed by atoms with van der Waals surface area (Å²) in [6.45, 7) is 3.18. The normalized spacial score (nSPS) is 11.0. The number of anilines is 2. The highest BCUT2D eigenvalue weighted by Gasteiger charge is 2.14. The van der Waals surface area contributed by atoms with Crippen LogP contribution in [0.2, 0.25) is 5.02 Å². The number of benzene rings is 2. The largest absolute Gasteiger partial charge is 0.326 e. The zero-order chi connectivity index (χ0) is 16.3. The highest BCUT2D eigenvalue weighted by molar-refractivity contribution is 7.92. The topological polar surface area (TPSA) is 75.3 Å². The molecule has 0 radical (unpaired) electrons. The lowest BCUT2D eigenvalue weighted by molar-refractivity contribution is -0.114. The Morgan fingerprint density at radius 1 is 1.05 bits per heavy atom.